The van der Waals surface area contributed by atoms with Crippen molar-refractivity contribution in [1.29, 1.82) is 0 Å². The number of benzene rings is 2. The minimum absolute atomic E-state index is 0.284. The van der Waals surface area contributed by atoms with E-state index in [2.05, 4.69) is 5.32 Å². The van der Waals surface area contributed by atoms with Crippen molar-refractivity contribution in [3.8, 4) is 0 Å². The van der Waals surface area contributed by atoms with Crippen LogP contribution in [0.25, 0.3) is 0 Å². The molecule has 4 aromatic rings. The van der Waals surface area contributed by atoms with Crippen molar-refractivity contribution in [2.75, 3.05) is 10.2 Å². The first-order valence-electron chi connectivity index (χ1n) is 12.4. The Bertz CT molecular complexity index is 1740. The molecule has 2 aliphatic heterocycles. The third-order valence-corrected chi connectivity index (χ3v) is 9.67. The molecule has 210 valence electrons. The SMILES string of the molecule is Cc1ccccc1NC(=O)Cn1c2c(sc1=O)[C@H](c1ccco1)C1C(=O)N(c3ccccc3C(F)(F)F)C(=O)C1S2. The number of fused-ring (bicyclic) bond motifs is 2. The average Bonchev–Trinajstić information content (AvgIpc) is 3.62. The molecule has 1 N–H and O–H groups in total. The molecule has 2 aromatic carbocycles. The summed E-state index contributed by atoms with van der Waals surface area (Å²) in [7, 11) is 0. The van der Waals surface area contributed by atoms with Crippen molar-refractivity contribution < 1.29 is 32.0 Å². The molecule has 41 heavy (non-hydrogen) atoms. The van der Waals surface area contributed by atoms with E-state index in [1.165, 1.54) is 23.0 Å². The van der Waals surface area contributed by atoms with E-state index in [0.717, 1.165) is 40.8 Å². The lowest BCUT2D eigenvalue weighted by Crippen LogP contribution is -2.33. The van der Waals surface area contributed by atoms with E-state index in [9.17, 15) is 32.3 Å². The van der Waals surface area contributed by atoms with Gasteiger partial charge in [-0.1, -0.05) is 53.4 Å². The minimum atomic E-state index is -4.80. The Morgan fingerprint density at radius 1 is 1.00 bits per heavy atom. The minimum Gasteiger partial charge on any atom is -0.469 e. The Balaban J connectivity index is 1.41. The number of para-hydroxylation sites is 2. The van der Waals surface area contributed by atoms with Crippen molar-refractivity contribution in [3.63, 3.8) is 0 Å². The van der Waals surface area contributed by atoms with Crippen LogP contribution in [0.5, 0.6) is 0 Å². The second kappa shape index (κ2) is 10.1. The van der Waals surface area contributed by atoms with Crippen molar-refractivity contribution in [1.82, 2.24) is 4.57 Å². The summed E-state index contributed by atoms with van der Waals surface area (Å²) in [5.74, 6) is -3.89. The molecule has 0 bridgehead atoms. The number of carbonyl (C=O) groups excluding carboxylic acids is 3. The van der Waals surface area contributed by atoms with E-state index in [1.807, 2.05) is 19.1 Å². The zero-order valence-corrected chi connectivity index (χ0v) is 22.8. The van der Waals surface area contributed by atoms with Crippen molar-refractivity contribution >= 4 is 52.2 Å². The van der Waals surface area contributed by atoms with Crippen LogP contribution in [-0.2, 0) is 27.1 Å². The fourth-order valence-corrected chi connectivity index (χ4v) is 7.98. The highest BCUT2D eigenvalue weighted by atomic mass is 32.2. The topological polar surface area (TPSA) is 102 Å². The Hall–Kier alpha value is -4.10. The Labute approximate surface area is 238 Å². The number of nitrogens with one attached hydrogen (secondary N) is 1. The Morgan fingerprint density at radius 3 is 2.44 bits per heavy atom. The fourth-order valence-electron chi connectivity index (χ4n) is 5.22. The predicted molar refractivity (Wildman–Crippen MR) is 146 cm³/mol. The zero-order chi connectivity index (χ0) is 29.1. The second-order valence-electron chi connectivity index (χ2n) is 9.57. The second-order valence-corrected chi connectivity index (χ2v) is 11.7. The highest BCUT2D eigenvalue weighted by Gasteiger charge is 2.58. The Morgan fingerprint density at radius 2 is 1.73 bits per heavy atom. The van der Waals surface area contributed by atoms with Crippen molar-refractivity contribution in [2.24, 2.45) is 5.92 Å². The Kier molecular flexibility index (Phi) is 6.65. The van der Waals surface area contributed by atoms with E-state index in [-0.39, 0.29) is 12.3 Å². The van der Waals surface area contributed by atoms with E-state index < -0.39 is 57.1 Å². The summed E-state index contributed by atoms with van der Waals surface area (Å²) in [5, 5.41) is 1.93. The maximum Gasteiger partial charge on any atom is 0.418 e. The molecule has 8 nitrogen and oxygen atoms in total. The van der Waals surface area contributed by atoms with Gasteiger partial charge in [-0.15, -0.1) is 0 Å². The molecule has 2 unspecified atom stereocenters. The zero-order valence-electron chi connectivity index (χ0n) is 21.2. The number of thiazole rings is 1. The van der Waals surface area contributed by atoms with Crippen LogP contribution in [0.4, 0.5) is 24.5 Å². The van der Waals surface area contributed by atoms with Gasteiger partial charge < -0.3 is 9.73 Å². The summed E-state index contributed by atoms with van der Waals surface area (Å²) >= 11 is 1.73. The van der Waals surface area contributed by atoms with Crippen molar-refractivity contribution in [2.45, 2.75) is 35.8 Å². The lowest BCUT2D eigenvalue weighted by molar-refractivity contribution is -0.137. The number of furan rings is 1. The molecule has 0 radical (unpaired) electrons. The number of aromatic nitrogens is 1. The molecular weight excluding hydrogens is 579 g/mol. The number of anilines is 2. The van der Waals surface area contributed by atoms with Crippen LogP contribution in [0, 0.1) is 12.8 Å². The van der Waals surface area contributed by atoms with E-state index in [1.54, 1.807) is 24.3 Å². The molecule has 0 spiro atoms. The number of hydrogen-bond acceptors (Lipinski definition) is 7. The standard InChI is InChI=1S/C28H20F3N3O5S2/c1-14-7-2-4-9-16(14)32-19(35)13-33-26-23(41-27(33)38)20(18-11-6-12-39-18)21-22(40-26)25(37)34(24(21)36)17-10-5-3-8-15(17)28(29,30)31/h2-12,20-22H,13H2,1H3,(H,32,35)/t20-,21?,22?/m1/s1. The molecule has 0 aliphatic carbocycles. The third-order valence-electron chi connectivity index (χ3n) is 7.07. The quantitative estimate of drug-likeness (QED) is 0.314. The van der Waals surface area contributed by atoms with Gasteiger partial charge in [0.1, 0.15) is 17.6 Å². The van der Waals surface area contributed by atoms with Gasteiger partial charge in [-0.3, -0.25) is 23.7 Å². The maximum absolute atomic E-state index is 13.8. The van der Waals surface area contributed by atoms with Crippen molar-refractivity contribution in [3.05, 3.63) is 98.4 Å². The number of rotatable bonds is 5. The van der Waals surface area contributed by atoms with Crippen LogP contribution in [0.3, 0.4) is 0 Å². The lowest BCUT2D eigenvalue weighted by atomic mass is 9.86. The summed E-state index contributed by atoms with van der Waals surface area (Å²) in [6.07, 6.45) is -3.43. The maximum atomic E-state index is 13.8. The summed E-state index contributed by atoms with van der Waals surface area (Å²) in [4.78, 5) is 54.1. The van der Waals surface area contributed by atoms with E-state index in [0.29, 0.717) is 20.5 Å². The smallest absolute Gasteiger partial charge is 0.418 e. The molecule has 2 aromatic heterocycles. The highest BCUT2D eigenvalue weighted by molar-refractivity contribution is 8.00. The number of thioether (sulfide) groups is 1. The van der Waals surface area contributed by atoms with Crippen LogP contribution in [-0.4, -0.2) is 27.5 Å². The van der Waals surface area contributed by atoms with Gasteiger partial charge >= 0.3 is 11.0 Å². The van der Waals surface area contributed by atoms with Crippen LogP contribution in [0.1, 0.15) is 27.7 Å². The molecular formula is C28H20F3N3O5S2. The van der Waals surface area contributed by atoms with Gasteiger partial charge in [-0.2, -0.15) is 13.2 Å². The number of imide groups is 1. The summed E-state index contributed by atoms with van der Waals surface area (Å²) in [6.45, 7) is 1.46. The van der Waals surface area contributed by atoms with Gasteiger partial charge in [0.2, 0.25) is 17.7 Å². The summed E-state index contributed by atoms with van der Waals surface area (Å²) < 4.78 is 48.4. The predicted octanol–water partition coefficient (Wildman–Crippen LogP) is 5.26. The molecule has 4 heterocycles. The largest absolute Gasteiger partial charge is 0.469 e. The van der Waals surface area contributed by atoms with Crippen LogP contribution < -0.4 is 15.1 Å². The molecule has 1 saturated heterocycles. The number of hydrogen-bond donors (Lipinski definition) is 1. The number of alkyl halides is 3. The third kappa shape index (κ3) is 4.58. The normalized spacial score (nSPS) is 20.2. The fraction of sp³-hybridized carbons (Fsp3) is 0.214. The van der Waals surface area contributed by atoms with Gasteiger partial charge in [-0.05, 0) is 42.8 Å². The van der Waals surface area contributed by atoms with E-state index in [4.69, 9.17) is 4.42 Å². The first-order chi connectivity index (χ1) is 19.6. The number of aryl methyl sites for hydroxylation is 1. The van der Waals surface area contributed by atoms with Gasteiger partial charge in [0, 0.05) is 5.69 Å². The average molecular weight is 600 g/mol. The highest BCUT2D eigenvalue weighted by Crippen LogP contribution is 2.54. The first-order valence-corrected chi connectivity index (χ1v) is 14.1. The monoisotopic (exact) mass is 599 g/mol. The van der Waals surface area contributed by atoms with E-state index >= 15 is 0 Å². The summed E-state index contributed by atoms with van der Waals surface area (Å²) in [5.41, 5.74) is -0.266. The molecule has 6 rings (SSSR count). The lowest BCUT2D eigenvalue weighted by Gasteiger charge is -2.29. The number of halogens is 3. The van der Waals surface area contributed by atoms with Gasteiger partial charge in [0.05, 0.1) is 39.3 Å². The molecule has 13 heteroatoms. The van der Waals surface area contributed by atoms with Crippen LogP contribution in [0.2, 0.25) is 0 Å². The number of carbonyl (C=O) groups is 3. The molecule has 3 atom stereocenters. The van der Waals surface area contributed by atoms with Gasteiger partial charge in [-0.25, -0.2) is 4.90 Å². The summed E-state index contributed by atoms with van der Waals surface area (Å²) in [6, 6.07) is 14.7. The van der Waals surface area contributed by atoms with Crippen LogP contribution in [0.15, 0.2) is 81.2 Å². The van der Waals surface area contributed by atoms with Gasteiger partial charge in [0.25, 0.3) is 0 Å². The van der Waals surface area contributed by atoms with Gasteiger partial charge in [0.15, 0.2) is 0 Å². The number of nitrogens with zero attached hydrogens (tertiary/aromatic N) is 2. The first kappa shape index (κ1) is 27.1. The number of amides is 3. The van der Waals surface area contributed by atoms with Crippen LogP contribution >= 0.6 is 23.1 Å². The molecule has 3 amide bonds. The molecule has 0 saturated carbocycles. The molecule has 1 fully saturated rings. The molecule has 2 aliphatic rings.